The van der Waals surface area contributed by atoms with E-state index < -0.39 is 59.8 Å². The average Bonchev–Trinajstić information content (AvgIpc) is 3.31. The van der Waals surface area contributed by atoms with Crippen LogP contribution in [0.25, 0.3) is 0 Å². The van der Waals surface area contributed by atoms with Crippen molar-refractivity contribution in [1.82, 2.24) is 0 Å². The minimum Gasteiger partial charge on any atom is -0.457 e. The smallest absolute Gasteiger partial charge is 0.397 e. The molecule has 6 atom stereocenters. The summed E-state index contributed by atoms with van der Waals surface area (Å²) in [5.41, 5.74) is 0. The number of allylic oxidation sites excluding steroid dienone is 2. The summed E-state index contributed by atoms with van der Waals surface area (Å²) in [5.74, 6) is -0.392. The average molecular weight is 992 g/mol. The lowest BCUT2D eigenvalue weighted by Crippen LogP contribution is -2.60. The lowest BCUT2D eigenvalue weighted by molar-refractivity contribution is -0.301. The van der Waals surface area contributed by atoms with Gasteiger partial charge in [-0.05, 0) is 38.5 Å². The molecule has 1 fully saturated rings. The number of carbonyl (C=O) groups is 1. The number of rotatable bonds is 51. The van der Waals surface area contributed by atoms with Crippen LogP contribution in [-0.2, 0) is 38.3 Å². The summed E-state index contributed by atoms with van der Waals surface area (Å²) in [6, 6.07) is 0. The summed E-state index contributed by atoms with van der Waals surface area (Å²) in [6.45, 7) is 4.05. The summed E-state index contributed by atoms with van der Waals surface area (Å²) < 4.78 is 59.4. The molecule has 4 N–H and O–H groups in total. The van der Waals surface area contributed by atoms with E-state index >= 15 is 0 Å². The van der Waals surface area contributed by atoms with Crippen molar-refractivity contribution in [2.45, 2.75) is 307 Å². The molecule has 0 aromatic heterocycles. The Balaban J connectivity index is 2.29. The highest BCUT2D eigenvalue weighted by molar-refractivity contribution is 7.80. The maximum atomic E-state index is 12.9. The van der Waals surface area contributed by atoms with Crippen molar-refractivity contribution in [3.8, 4) is 0 Å². The Morgan fingerprint density at radius 2 is 0.926 bits per heavy atom. The van der Waals surface area contributed by atoms with Gasteiger partial charge in [0.05, 0.1) is 19.8 Å². The first-order valence-corrected chi connectivity index (χ1v) is 29.8. The zero-order valence-electron chi connectivity index (χ0n) is 43.7. The second-order valence-corrected chi connectivity index (χ2v) is 20.9. The third kappa shape index (κ3) is 39.5. The van der Waals surface area contributed by atoms with Crippen LogP contribution in [0.5, 0.6) is 0 Å². The van der Waals surface area contributed by atoms with Gasteiger partial charge in [-0.25, -0.2) is 4.18 Å². The van der Waals surface area contributed by atoms with Crippen LogP contribution in [-0.4, -0.2) is 97.5 Å². The first kappa shape index (κ1) is 64.9. The second kappa shape index (κ2) is 46.9. The molecule has 0 aromatic rings. The molecular weight excluding hydrogens is 885 g/mol. The monoisotopic (exact) mass is 991 g/mol. The molecule has 0 aromatic carbocycles. The van der Waals surface area contributed by atoms with E-state index in [-0.39, 0.29) is 19.6 Å². The molecule has 13 heteroatoms. The molecule has 6 unspecified atom stereocenters. The number of esters is 1. The van der Waals surface area contributed by atoms with Gasteiger partial charge in [-0.3, -0.25) is 9.35 Å². The van der Waals surface area contributed by atoms with Gasteiger partial charge in [0.25, 0.3) is 0 Å². The molecule has 1 rings (SSSR count). The minimum atomic E-state index is -5.06. The quantitative estimate of drug-likeness (QED) is 0.0196. The zero-order valence-corrected chi connectivity index (χ0v) is 44.5. The highest BCUT2D eigenvalue weighted by Gasteiger charge is 2.48. The molecule has 404 valence electrons. The lowest BCUT2D eigenvalue weighted by atomic mass is 9.99. The minimum absolute atomic E-state index is 0.0401. The SMILES string of the molecule is CCCCCCCCC/C=C\CCCCCCCCCCOCC(COC1OC(CO)C(O)C(OS(=O)(=O)O)C1O)OC(=O)CCCCCCCCCCCCCCCCCCCCCCCC. The molecule has 0 saturated carbocycles. The van der Waals surface area contributed by atoms with Crippen molar-refractivity contribution in [2.75, 3.05) is 26.4 Å². The molecule has 0 radical (unpaired) electrons. The number of hydrogen-bond acceptors (Lipinski definition) is 11. The molecule has 1 saturated heterocycles. The van der Waals surface area contributed by atoms with E-state index in [2.05, 4.69) is 30.2 Å². The predicted octanol–water partition coefficient (Wildman–Crippen LogP) is 13.8. The first-order chi connectivity index (χ1) is 33.1. The van der Waals surface area contributed by atoms with Gasteiger partial charge in [-0.2, -0.15) is 8.42 Å². The van der Waals surface area contributed by atoms with Crippen molar-refractivity contribution in [3.05, 3.63) is 12.2 Å². The summed E-state index contributed by atoms with van der Waals surface area (Å²) in [6.07, 6.45) is 45.3. The van der Waals surface area contributed by atoms with Crippen LogP contribution < -0.4 is 0 Å². The molecular formula is C55H106O12S. The largest absolute Gasteiger partial charge is 0.457 e. The van der Waals surface area contributed by atoms with Crippen LogP contribution in [0.3, 0.4) is 0 Å². The molecule has 1 aliphatic rings. The molecule has 68 heavy (non-hydrogen) atoms. The predicted molar refractivity (Wildman–Crippen MR) is 276 cm³/mol. The normalized spacial score (nSPS) is 19.3. The fourth-order valence-corrected chi connectivity index (χ4v) is 9.59. The fourth-order valence-electron chi connectivity index (χ4n) is 9.08. The molecule has 1 aliphatic heterocycles. The van der Waals surface area contributed by atoms with E-state index in [0.717, 1.165) is 38.5 Å². The van der Waals surface area contributed by atoms with E-state index in [1.807, 2.05) is 0 Å². The molecule has 12 nitrogen and oxygen atoms in total. The molecule has 1 heterocycles. The molecule has 0 bridgehead atoms. The van der Waals surface area contributed by atoms with E-state index in [0.29, 0.717) is 13.0 Å². The van der Waals surface area contributed by atoms with Crippen molar-refractivity contribution < 1.29 is 56.2 Å². The maximum Gasteiger partial charge on any atom is 0.397 e. The summed E-state index contributed by atoms with van der Waals surface area (Å²) in [4.78, 5) is 12.9. The Bertz CT molecular complexity index is 1240. The Kier molecular flexibility index (Phi) is 44.7. The van der Waals surface area contributed by atoms with Crippen molar-refractivity contribution in [3.63, 3.8) is 0 Å². The summed E-state index contributed by atoms with van der Waals surface area (Å²) in [5, 5.41) is 30.8. The molecule has 0 aliphatic carbocycles. The van der Waals surface area contributed by atoms with E-state index in [1.165, 1.54) is 205 Å². The van der Waals surface area contributed by atoms with Gasteiger partial charge in [0, 0.05) is 13.0 Å². The number of aliphatic hydroxyl groups excluding tert-OH is 3. The Morgan fingerprint density at radius 3 is 1.32 bits per heavy atom. The molecule has 0 amide bonds. The van der Waals surface area contributed by atoms with Gasteiger partial charge < -0.3 is 34.3 Å². The van der Waals surface area contributed by atoms with Gasteiger partial charge >= 0.3 is 16.4 Å². The topological polar surface area (TPSA) is 178 Å². The standard InChI is InChI=1S/C55H106O12S/c1-3-5-7-9-11-13-15-17-19-21-23-24-25-26-28-30-32-34-36-38-40-42-44-51(57)65-49(48-64-55-53(59)54(67-68(60,61)62)52(58)50(46-56)66-55)47-63-45-43-41-39-37-35-33-31-29-27-22-20-18-16-14-12-10-8-6-4-2/h20,22,49-50,52-56,58-59H,3-19,21,23-48H2,1-2H3,(H,60,61,62)/b22-20-. The van der Waals surface area contributed by atoms with Crippen molar-refractivity contribution >= 4 is 16.4 Å². The Hall–Kier alpha value is -1.16. The van der Waals surface area contributed by atoms with Crippen molar-refractivity contribution in [2.24, 2.45) is 0 Å². The maximum absolute atomic E-state index is 12.9. The van der Waals surface area contributed by atoms with E-state index in [1.54, 1.807) is 0 Å². The fraction of sp³-hybridized carbons (Fsp3) is 0.945. The summed E-state index contributed by atoms with van der Waals surface area (Å²) >= 11 is 0. The van der Waals surface area contributed by atoms with Crippen molar-refractivity contribution in [1.29, 1.82) is 0 Å². The number of unbranched alkanes of at least 4 members (excludes halogenated alkanes) is 36. The van der Waals surface area contributed by atoms with Gasteiger partial charge in [-0.1, -0.05) is 238 Å². The summed E-state index contributed by atoms with van der Waals surface area (Å²) in [7, 11) is -5.06. The van der Waals surface area contributed by atoms with E-state index in [9.17, 15) is 33.1 Å². The van der Waals surface area contributed by atoms with Crippen LogP contribution in [0.1, 0.15) is 271 Å². The van der Waals surface area contributed by atoms with Gasteiger partial charge in [-0.15, -0.1) is 0 Å². The molecule has 0 spiro atoms. The van der Waals surface area contributed by atoms with Crippen LogP contribution in [0, 0.1) is 0 Å². The van der Waals surface area contributed by atoms with Crippen LogP contribution in [0.15, 0.2) is 12.2 Å². The number of ether oxygens (including phenoxy) is 4. The number of hydrogen-bond donors (Lipinski definition) is 4. The highest BCUT2D eigenvalue weighted by atomic mass is 32.3. The zero-order chi connectivity index (χ0) is 49.6. The Morgan fingerprint density at radius 1 is 0.544 bits per heavy atom. The third-order valence-electron chi connectivity index (χ3n) is 13.4. The first-order valence-electron chi connectivity index (χ1n) is 28.4. The van der Waals surface area contributed by atoms with Crippen LogP contribution in [0.4, 0.5) is 0 Å². The second-order valence-electron chi connectivity index (χ2n) is 19.9. The third-order valence-corrected chi connectivity index (χ3v) is 13.9. The highest BCUT2D eigenvalue weighted by Crippen LogP contribution is 2.26. The van der Waals surface area contributed by atoms with Gasteiger partial charge in [0.2, 0.25) is 0 Å². The Labute approximate surface area is 417 Å². The van der Waals surface area contributed by atoms with Gasteiger partial charge in [0.15, 0.2) is 6.29 Å². The van der Waals surface area contributed by atoms with Gasteiger partial charge in [0.1, 0.15) is 30.5 Å². The van der Waals surface area contributed by atoms with Crippen LogP contribution in [0.2, 0.25) is 0 Å². The van der Waals surface area contributed by atoms with E-state index in [4.69, 9.17) is 18.9 Å². The number of aliphatic hydroxyl groups is 3. The lowest BCUT2D eigenvalue weighted by Gasteiger charge is -2.41. The van der Waals surface area contributed by atoms with Crippen LogP contribution >= 0.6 is 0 Å². The number of carbonyl (C=O) groups excluding carboxylic acids is 1.